The molecule has 1 saturated carbocycles. The molecule has 3 fully saturated rings. The van der Waals surface area contributed by atoms with Crippen molar-refractivity contribution in [2.24, 2.45) is 5.92 Å². The van der Waals surface area contributed by atoms with Crippen molar-refractivity contribution in [1.82, 2.24) is 14.7 Å². The summed E-state index contributed by atoms with van der Waals surface area (Å²) in [4.78, 5) is 19.7. The molecular formula is C22H30N4O. The number of carbonyl (C=O) groups excluding carboxylic acids is 1. The van der Waals surface area contributed by atoms with Crippen molar-refractivity contribution in [1.29, 1.82) is 5.26 Å². The molecule has 0 N–H and O–H groups in total. The Morgan fingerprint density at radius 2 is 2.00 bits per heavy atom. The summed E-state index contributed by atoms with van der Waals surface area (Å²) in [7, 11) is 2.22. The summed E-state index contributed by atoms with van der Waals surface area (Å²) >= 11 is 0. The van der Waals surface area contributed by atoms with E-state index in [1.807, 2.05) is 18.2 Å². The highest BCUT2D eigenvalue weighted by molar-refractivity contribution is 5.76. The standard InChI is InChI=1S/C22H30N4O/c1-24-12-13-25(16-20-5-3-2-4-19(20)14-23)17-22(24)9-8-21(27)26(11-10-22)15-18-6-7-18/h2-5,18H,6-13,15-17H2,1H3/t22-/m0/s1. The topological polar surface area (TPSA) is 50.6 Å². The van der Waals surface area contributed by atoms with Crippen molar-refractivity contribution in [3.8, 4) is 6.07 Å². The molecule has 5 heteroatoms. The Labute approximate surface area is 162 Å². The fourth-order valence-corrected chi connectivity index (χ4v) is 4.72. The Morgan fingerprint density at radius 3 is 2.78 bits per heavy atom. The van der Waals surface area contributed by atoms with Crippen LogP contribution in [0.25, 0.3) is 0 Å². The predicted octanol–water partition coefficient (Wildman–Crippen LogP) is 2.47. The van der Waals surface area contributed by atoms with Gasteiger partial charge < -0.3 is 4.90 Å². The molecule has 1 aliphatic carbocycles. The number of hydrogen-bond donors (Lipinski definition) is 0. The molecule has 3 aliphatic rings. The van der Waals surface area contributed by atoms with Crippen LogP contribution in [-0.2, 0) is 11.3 Å². The number of hydrogen-bond acceptors (Lipinski definition) is 4. The van der Waals surface area contributed by atoms with Gasteiger partial charge in [-0.2, -0.15) is 5.26 Å². The Hall–Kier alpha value is -1.90. The molecule has 27 heavy (non-hydrogen) atoms. The highest BCUT2D eigenvalue weighted by Gasteiger charge is 2.42. The first-order valence-corrected chi connectivity index (χ1v) is 10.3. The normalized spacial score (nSPS) is 27.6. The van der Waals surface area contributed by atoms with E-state index in [2.05, 4.69) is 33.9 Å². The molecule has 2 aliphatic heterocycles. The van der Waals surface area contributed by atoms with Gasteiger partial charge in [0, 0.05) is 51.2 Å². The summed E-state index contributed by atoms with van der Waals surface area (Å²) in [5.41, 5.74) is 1.96. The SMILES string of the molecule is CN1CCN(Cc2ccccc2C#N)C[C@@]12CCC(=O)N(CC1CC1)CC2. The Kier molecular flexibility index (Phi) is 5.21. The maximum atomic E-state index is 12.6. The van der Waals surface area contributed by atoms with Crippen molar-refractivity contribution >= 4 is 5.91 Å². The van der Waals surface area contributed by atoms with Gasteiger partial charge in [-0.05, 0) is 50.3 Å². The van der Waals surface area contributed by atoms with E-state index in [1.54, 1.807) is 0 Å². The smallest absolute Gasteiger partial charge is 0.222 e. The van der Waals surface area contributed by atoms with Crippen LogP contribution in [0.4, 0.5) is 0 Å². The van der Waals surface area contributed by atoms with E-state index in [9.17, 15) is 10.1 Å². The van der Waals surface area contributed by atoms with Gasteiger partial charge in [0.2, 0.25) is 5.91 Å². The zero-order chi connectivity index (χ0) is 18.9. The van der Waals surface area contributed by atoms with Crippen molar-refractivity contribution in [3.05, 3.63) is 35.4 Å². The van der Waals surface area contributed by atoms with Gasteiger partial charge in [0.05, 0.1) is 11.6 Å². The molecule has 0 radical (unpaired) electrons. The van der Waals surface area contributed by atoms with Gasteiger partial charge >= 0.3 is 0 Å². The molecular weight excluding hydrogens is 336 g/mol. The molecule has 1 aromatic rings. The van der Waals surface area contributed by atoms with Crippen LogP contribution < -0.4 is 0 Å². The molecule has 0 unspecified atom stereocenters. The van der Waals surface area contributed by atoms with E-state index in [-0.39, 0.29) is 5.54 Å². The molecule has 1 spiro atoms. The largest absolute Gasteiger partial charge is 0.342 e. The molecule has 4 rings (SSSR count). The number of likely N-dealkylation sites (N-methyl/N-ethyl adjacent to an activating group) is 1. The second-order valence-corrected chi connectivity index (χ2v) is 8.66. The van der Waals surface area contributed by atoms with Gasteiger partial charge in [-0.25, -0.2) is 0 Å². The number of benzene rings is 1. The molecule has 2 heterocycles. The fraction of sp³-hybridized carbons (Fsp3) is 0.636. The molecule has 1 amide bonds. The van der Waals surface area contributed by atoms with Crippen LogP contribution in [0.3, 0.4) is 0 Å². The summed E-state index contributed by atoms with van der Waals surface area (Å²) in [6.07, 6.45) is 5.25. The first-order valence-electron chi connectivity index (χ1n) is 10.3. The number of carbonyl (C=O) groups is 1. The number of nitriles is 1. The van der Waals surface area contributed by atoms with Crippen LogP contribution >= 0.6 is 0 Å². The Balaban J connectivity index is 1.46. The Morgan fingerprint density at radius 1 is 1.19 bits per heavy atom. The number of rotatable bonds is 4. The number of likely N-dealkylation sites (tertiary alicyclic amines) is 1. The summed E-state index contributed by atoms with van der Waals surface area (Å²) in [5, 5.41) is 9.38. The molecule has 1 atom stereocenters. The number of nitrogens with zero attached hydrogens (tertiary/aromatic N) is 4. The van der Waals surface area contributed by atoms with Gasteiger partial charge in [0.15, 0.2) is 0 Å². The zero-order valence-electron chi connectivity index (χ0n) is 16.4. The van der Waals surface area contributed by atoms with Gasteiger partial charge in [-0.3, -0.25) is 14.6 Å². The number of piperazine rings is 1. The third-order valence-corrected chi connectivity index (χ3v) is 6.79. The third-order valence-electron chi connectivity index (χ3n) is 6.79. The van der Waals surface area contributed by atoms with Gasteiger partial charge in [0.25, 0.3) is 0 Å². The minimum Gasteiger partial charge on any atom is -0.342 e. The molecule has 144 valence electrons. The van der Waals surface area contributed by atoms with Crippen LogP contribution in [-0.4, -0.2) is 65.9 Å². The van der Waals surface area contributed by atoms with Crippen LogP contribution in [0, 0.1) is 17.2 Å². The monoisotopic (exact) mass is 366 g/mol. The molecule has 1 aromatic carbocycles. The summed E-state index contributed by atoms with van der Waals surface area (Å²) in [6.45, 7) is 5.69. The third kappa shape index (κ3) is 4.02. The van der Waals surface area contributed by atoms with E-state index in [4.69, 9.17) is 0 Å². The van der Waals surface area contributed by atoms with Crippen molar-refractivity contribution in [3.63, 3.8) is 0 Å². The van der Waals surface area contributed by atoms with E-state index in [0.29, 0.717) is 12.3 Å². The van der Waals surface area contributed by atoms with Gasteiger partial charge in [-0.15, -0.1) is 0 Å². The van der Waals surface area contributed by atoms with Crippen molar-refractivity contribution in [2.45, 2.75) is 44.2 Å². The summed E-state index contributed by atoms with van der Waals surface area (Å²) in [5.74, 6) is 1.10. The lowest BCUT2D eigenvalue weighted by atomic mass is 9.86. The highest BCUT2D eigenvalue weighted by Crippen LogP contribution is 2.35. The fourth-order valence-electron chi connectivity index (χ4n) is 4.72. The van der Waals surface area contributed by atoms with Crippen LogP contribution in [0.1, 0.15) is 43.2 Å². The van der Waals surface area contributed by atoms with E-state index < -0.39 is 0 Å². The second-order valence-electron chi connectivity index (χ2n) is 8.66. The summed E-state index contributed by atoms with van der Waals surface area (Å²) in [6, 6.07) is 10.2. The van der Waals surface area contributed by atoms with Crippen molar-refractivity contribution in [2.75, 3.05) is 39.8 Å². The molecule has 0 aromatic heterocycles. The quantitative estimate of drug-likeness (QED) is 0.821. The average molecular weight is 367 g/mol. The lowest BCUT2D eigenvalue weighted by molar-refractivity contribution is -0.131. The zero-order valence-corrected chi connectivity index (χ0v) is 16.4. The van der Waals surface area contributed by atoms with Gasteiger partial charge in [-0.1, -0.05) is 18.2 Å². The van der Waals surface area contributed by atoms with E-state index in [1.165, 1.54) is 12.8 Å². The van der Waals surface area contributed by atoms with E-state index >= 15 is 0 Å². The van der Waals surface area contributed by atoms with Crippen LogP contribution in [0.5, 0.6) is 0 Å². The molecule has 0 bridgehead atoms. The lowest BCUT2D eigenvalue weighted by Gasteiger charge is -2.49. The second kappa shape index (κ2) is 7.61. The van der Waals surface area contributed by atoms with Gasteiger partial charge in [0.1, 0.15) is 0 Å². The summed E-state index contributed by atoms with van der Waals surface area (Å²) < 4.78 is 0. The first-order chi connectivity index (χ1) is 13.1. The maximum absolute atomic E-state index is 12.6. The lowest BCUT2D eigenvalue weighted by Crippen LogP contribution is -2.60. The first kappa shape index (κ1) is 18.5. The molecule has 5 nitrogen and oxygen atoms in total. The highest BCUT2D eigenvalue weighted by atomic mass is 16.2. The average Bonchev–Trinajstić information content (AvgIpc) is 3.51. The minimum atomic E-state index is 0.0772. The van der Waals surface area contributed by atoms with Crippen molar-refractivity contribution < 1.29 is 4.79 Å². The predicted molar refractivity (Wildman–Crippen MR) is 105 cm³/mol. The number of amides is 1. The van der Waals surface area contributed by atoms with Crippen LogP contribution in [0.15, 0.2) is 24.3 Å². The molecule has 2 saturated heterocycles. The van der Waals surface area contributed by atoms with Crippen LogP contribution in [0.2, 0.25) is 0 Å². The maximum Gasteiger partial charge on any atom is 0.222 e. The minimum absolute atomic E-state index is 0.0772. The Bertz CT molecular complexity index is 738. The van der Waals surface area contributed by atoms with E-state index in [0.717, 1.165) is 69.2 Å².